The number of amides is 1. The van der Waals surface area contributed by atoms with E-state index >= 15 is 0 Å². The molecule has 0 bridgehead atoms. The molecule has 0 aliphatic rings. The second kappa shape index (κ2) is 9.69. The molecule has 0 spiro atoms. The normalized spacial score (nSPS) is 10.2. The molecule has 0 saturated heterocycles. The van der Waals surface area contributed by atoms with Crippen LogP contribution in [0, 0.1) is 0 Å². The van der Waals surface area contributed by atoms with Crippen LogP contribution < -0.4 is 10.1 Å². The maximum Gasteiger partial charge on any atom is 0.344 e. The van der Waals surface area contributed by atoms with E-state index in [0.717, 1.165) is 12.8 Å². The molecule has 0 aliphatic carbocycles. The number of unbranched alkanes of at least 4 members (excludes halogenated alkanes) is 1. The highest BCUT2D eigenvalue weighted by Gasteiger charge is 2.15. The van der Waals surface area contributed by atoms with Gasteiger partial charge in [-0.25, -0.2) is 4.79 Å². The number of esters is 1. The minimum absolute atomic E-state index is 0.248. The number of halogens is 1. The first kappa shape index (κ1) is 18.8. The Morgan fingerprint density at radius 1 is 1.12 bits per heavy atom. The molecule has 132 valence electrons. The standard InChI is InChI=1S/C19H20ClNO4/c1-2-3-11-24-18(22)13-25-17-10-9-14(20)12-16(17)19(23)21-15-7-5-4-6-8-15/h4-10,12H,2-3,11,13H2,1H3,(H,21,23). The number of hydrogen-bond acceptors (Lipinski definition) is 4. The van der Waals surface area contributed by atoms with Crippen molar-refractivity contribution < 1.29 is 19.1 Å². The number of rotatable bonds is 8. The van der Waals surface area contributed by atoms with Crippen molar-refractivity contribution in [3.63, 3.8) is 0 Å². The molecule has 2 rings (SSSR count). The van der Waals surface area contributed by atoms with Crippen LogP contribution in [0.5, 0.6) is 5.75 Å². The summed E-state index contributed by atoms with van der Waals surface area (Å²) in [6.45, 7) is 2.10. The lowest BCUT2D eigenvalue weighted by atomic mass is 10.2. The van der Waals surface area contributed by atoms with Gasteiger partial charge < -0.3 is 14.8 Å². The topological polar surface area (TPSA) is 64.6 Å². The van der Waals surface area contributed by atoms with E-state index in [0.29, 0.717) is 17.3 Å². The van der Waals surface area contributed by atoms with Crippen molar-refractivity contribution in [2.24, 2.45) is 0 Å². The monoisotopic (exact) mass is 361 g/mol. The first-order chi connectivity index (χ1) is 12.1. The van der Waals surface area contributed by atoms with Crippen LogP contribution >= 0.6 is 11.6 Å². The molecule has 0 fully saturated rings. The fourth-order valence-electron chi connectivity index (χ4n) is 2.03. The molecule has 0 atom stereocenters. The molecule has 0 heterocycles. The summed E-state index contributed by atoms with van der Waals surface area (Å²) in [7, 11) is 0. The van der Waals surface area contributed by atoms with Gasteiger partial charge >= 0.3 is 5.97 Å². The van der Waals surface area contributed by atoms with E-state index in [1.54, 1.807) is 24.3 Å². The van der Waals surface area contributed by atoms with Gasteiger partial charge in [-0.05, 0) is 36.8 Å². The van der Waals surface area contributed by atoms with Gasteiger partial charge in [-0.15, -0.1) is 0 Å². The molecule has 0 aromatic heterocycles. The second-order valence-corrected chi connectivity index (χ2v) is 5.76. The Labute approximate surface area is 151 Å². The Bertz CT molecular complexity index is 719. The zero-order valence-electron chi connectivity index (χ0n) is 14.0. The molecule has 6 heteroatoms. The molecule has 1 amide bonds. The van der Waals surface area contributed by atoms with Gasteiger partial charge in [0.15, 0.2) is 6.61 Å². The molecule has 2 aromatic rings. The summed E-state index contributed by atoms with van der Waals surface area (Å²) in [6.07, 6.45) is 1.74. The van der Waals surface area contributed by atoms with Crippen LogP contribution in [0.4, 0.5) is 5.69 Å². The predicted octanol–water partition coefficient (Wildman–Crippen LogP) is 4.31. The number of carbonyl (C=O) groups is 2. The third-order valence-electron chi connectivity index (χ3n) is 3.32. The molecule has 0 radical (unpaired) electrons. The quantitative estimate of drug-likeness (QED) is 0.562. The van der Waals surface area contributed by atoms with E-state index in [4.69, 9.17) is 21.1 Å². The van der Waals surface area contributed by atoms with Gasteiger partial charge in [-0.1, -0.05) is 43.1 Å². The van der Waals surface area contributed by atoms with Crippen molar-refractivity contribution in [3.05, 3.63) is 59.1 Å². The van der Waals surface area contributed by atoms with Crippen molar-refractivity contribution in [3.8, 4) is 5.75 Å². The summed E-state index contributed by atoms with van der Waals surface area (Å²) in [5.74, 6) is -0.578. The Kier molecular flexibility index (Phi) is 7.29. The summed E-state index contributed by atoms with van der Waals surface area (Å²) < 4.78 is 10.5. The van der Waals surface area contributed by atoms with E-state index in [-0.39, 0.29) is 23.8 Å². The second-order valence-electron chi connectivity index (χ2n) is 5.32. The molecule has 0 saturated carbocycles. The van der Waals surface area contributed by atoms with E-state index in [1.807, 2.05) is 25.1 Å². The third kappa shape index (κ3) is 6.12. The van der Waals surface area contributed by atoms with Gasteiger partial charge in [0.1, 0.15) is 5.75 Å². The predicted molar refractivity (Wildman–Crippen MR) is 97.2 cm³/mol. The number of hydrogen-bond donors (Lipinski definition) is 1. The Morgan fingerprint density at radius 3 is 2.60 bits per heavy atom. The molecule has 0 aliphatic heterocycles. The smallest absolute Gasteiger partial charge is 0.344 e. The van der Waals surface area contributed by atoms with Crippen LogP contribution in [0.2, 0.25) is 5.02 Å². The van der Waals surface area contributed by atoms with Crippen molar-refractivity contribution in [2.75, 3.05) is 18.5 Å². The molecule has 1 N–H and O–H groups in total. The van der Waals surface area contributed by atoms with E-state index in [1.165, 1.54) is 6.07 Å². The molecule has 25 heavy (non-hydrogen) atoms. The number of carbonyl (C=O) groups excluding carboxylic acids is 2. The largest absolute Gasteiger partial charge is 0.481 e. The fourth-order valence-corrected chi connectivity index (χ4v) is 2.21. The van der Waals surface area contributed by atoms with Crippen molar-refractivity contribution >= 4 is 29.2 Å². The molecule has 2 aromatic carbocycles. The lowest BCUT2D eigenvalue weighted by Crippen LogP contribution is -2.18. The summed E-state index contributed by atoms with van der Waals surface area (Å²) in [5, 5.41) is 3.16. The van der Waals surface area contributed by atoms with Crippen molar-refractivity contribution in [1.82, 2.24) is 0 Å². The summed E-state index contributed by atoms with van der Waals surface area (Å²) >= 11 is 5.98. The van der Waals surface area contributed by atoms with Gasteiger partial charge in [0, 0.05) is 10.7 Å². The average molecular weight is 362 g/mol. The van der Waals surface area contributed by atoms with Gasteiger partial charge in [0.25, 0.3) is 5.91 Å². The Balaban J connectivity index is 2.04. The lowest BCUT2D eigenvalue weighted by Gasteiger charge is -2.12. The number of ether oxygens (including phenoxy) is 2. The van der Waals surface area contributed by atoms with Crippen LogP contribution in [0.15, 0.2) is 48.5 Å². The van der Waals surface area contributed by atoms with Crippen LogP contribution in [0.25, 0.3) is 0 Å². The highest BCUT2D eigenvalue weighted by molar-refractivity contribution is 6.31. The van der Waals surface area contributed by atoms with Gasteiger partial charge in [-0.2, -0.15) is 0 Å². The van der Waals surface area contributed by atoms with Crippen LogP contribution in [-0.4, -0.2) is 25.1 Å². The maximum absolute atomic E-state index is 12.5. The molecular weight excluding hydrogens is 342 g/mol. The Hall–Kier alpha value is -2.53. The number of benzene rings is 2. The van der Waals surface area contributed by atoms with Crippen LogP contribution in [-0.2, 0) is 9.53 Å². The number of para-hydroxylation sites is 1. The molecule has 0 unspecified atom stereocenters. The minimum atomic E-state index is -0.474. The average Bonchev–Trinajstić information content (AvgIpc) is 2.61. The zero-order valence-corrected chi connectivity index (χ0v) is 14.7. The maximum atomic E-state index is 12.5. The highest BCUT2D eigenvalue weighted by atomic mass is 35.5. The number of anilines is 1. The molecule has 5 nitrogen and oxygen atoms in total. The third-order valence-corrected chi connectivity index (χ3v) is 3.56. The van der Waals surface area contributed by atoms with Crippen LogP contribution in [0.1, 0.15) is 30.1 Å². The van der Waals surface area contributed by atoms with Crippen molar-refractivity contribution in [1.29, 1.82) is 0 Å². The van der Waals surface area contributed by atoms with E-state index in [9.17, 15) is 9.59 Å². The SMILES string of the molecule is CCCCOC(=O)COc1ccc(Cl)cc1C(=O)Nc1ccccc1. The number of nitrogens with one attached hydrogen (secondary N) is 1. The summed E-state index contributed by atoms with van der Waals surface area (Å²) in [4.78, 5) is 24.1. The van der Waals surface area contributed by atoms with E-state index in [2.05, 4.69) is 5.32 Å². The lowest BCUT2D eigenvalue weighted by molar-refractivity contribution is -0.146. The van der Waals surface area contributed by atoms with Gasteiger partial charge in [-0.3, -0.25) is 4.79 Å². The summed E-state index contributed by atoms with van der Waals surface area (Å²) in [5.41, 5.74) is 0.898. The van der Waals surface area contributed by atoms with Gasteiger partial charge in [0.2, 0.25) is 0 Å². The Morgan fingerprint density at radius 2 is 1.88 bits per heavy atom. The molecular formula is C19H20ClNO4. The van der Waals surface area contributed by atoms with E-state index < -0.39 is 5.97 Å². The van der Waals surface area contributed by atoms with Crippen LogP contribution in [0.3, 0.4) is 0 Å². The summed E-state index contributed by atoms with van der Waals surface area (Å²) in [6, 6.07) is 13.7. The highest BCUT2D eigenvalue weighted by Crippen LogP contribution is 2.24. The first-order valence-corrected chi connectivity index (χ1v) is 8.42. The van der Waals surface area contributed by atoms with Gasteiger partial charge in [0.05, 0.1) is 12.2 Å². The minimum Gasteiger partial charge on any atom is -0.481 e. The fraction of sp³-hybridized carbons (Fsp3) is 0.263. The first-order valence-electron chi connectivity index (χ1n) is 8.04. The zero-order chi connectivity index (χ0) is 18.1. The van der Waals surface area contributed by atoms with Crippen molar-refractivity contribution in [2.45, 2.75) is 19.8 Å².